The number of rotatable bonds is 5. The van der Waals surface area contributed by atoms with Crippen molar-refractivity contribution in [2.45, 2.75) is 58.5 Å². The van der Waals surface area contributed by atoms with Crippen molar-refractivity contribution in [2.75, 3.05) is 6.54 Å². The van der Waals surface area contributed by atoms with Gasteiger partial charge in [0, 0.05) is 36.8 Å². The molecule has 6 nitrogen and oxygen atoms in total. The summed E-state index contributed by atoms with van der Waals surface area (Å²) in [6.45, 7) is 3.49. The second-order valence-corrected chi connectivity index (χ2v) is 10.1. The summed E-state index contributed by atoms with van der Waals surface area (Å²) in [7, 11) is 0. The summed E-state index contributed by atoms with van der Waals surface area (Å²) in [4.78, 5) is 31.3. The normalized spacial score (nSPS) is 22.5. The number of aliphatic carboxylic acids is 1. The summed E-state index contributed by atoms with van der Waals surface area (Å²) in [5, 5.41) is 10.6. The molecule has 7 heteroatoms. The van der Waals surface area contributed by atoms with Gasteiger partial charge in [0.25, 0.3) is 0 Å². The van der Waals surface area contributed by atoms with E-state index in [1.165, 1.54) is 11.6 Å². The van der Waals surface area contributed by atoms with Gasteiger partial charge in [0.2, 0.25) is 5.91 Å². The summed E-state index contributed by atoms with van der Waals surface area (Å²) in [5.74, 6) is -0.633. The summed E-state index contributed by atoms with van der Waals surface area (Å²) >= 11 is 0. The smallest absolute Gasteiger partial charge is 0.309 e. The minimum atomic E-state index is -0.736. The van der Waals surface area contributed by atoms with Crippen LogP contribution in [0.3, 0.4) is 0 Å². The van der Waals surface area contributed by atoms with Gasteiger partial charge in [-0.05, 0) is 80.3 Å². The fourth-order valence-electron chi connectivity index (χ4n) is 5.57. The van der Waals surface area contributed by atoms with Crippen LogP contribution in [0.2, 0.25) is 0 Å². The van der Waals surface area contributed by atoms with Gasteiger partial charge in [0.15, 0.2) is 0 Å². The average molecular weight is 464 g/mol. The van der Waals surface area contributed by atoms with Crippen LogP contribution in [0.5, 0.6) is 0 Å². The minimum Gasteiger partial charge on any atom is -0.481 e. The predicted molar refractivity (Wildman–Crippen MR) is 127 cm³/mol. The molecule has 1 saturated carbocycles. The highest BCUT2D eigenvalue weighted by Crippen LogP contribution is 2.40. The summed E-state index contributed by atoms with van der Waals surface area (Å²) in [6.07, 6.45) is 5.80. The maximum Gasteiger partial charge on any atom is 0.309 e. The van der Waals surface area contributed by atoms with E-state index in [2.05, 4.69) is 15.6 Å². The van der Waals surface area contributed by atoms with E-state index in [0.717, 1.165) is 41.6 Å². The Bertz CT molecular complexity index is 1240. The lowest BCUT2D eigenvalue weighted by molar-refractivity contribution is -0.150. The number of pyridine rings is 1. The quantitative estimate of drug-likeness (QED) is 0.591. The molecule has 3 heterocycles. The van der Waals surface area contributed by atoms with Crippen LogP contribution in [0.25, 0.3) is 11.0 Å². The molecule has 5 rings (SSSR count). The molecule has 1 amide bonds. The summed E-state index contributed by atoms with van der Waals surface area (Å²) < 4.78 is 15.9. The molecular weight excluding hydrogens is 433 g/mol. The lowest BCUT2D eigenvalue weighted by Gasteiger charge is -2.35. The molecule has 3 aromatic rings. The Kier molecular flexibility index (Phi) is 5.88. The number of nitrogens with zero attached hydrogens (tertiary/aromatic N) is 3. The van der Waals surface area contributed by atoms with Crippen LogP contribution in [0.4, 0.5) is 4.39 Å². The highest BCUT2D eigenvalue weighted by molar-refractivity contribution is 5.84. The van der Waals surface area contributed by atoms with Gasteiger partial charge >= 0.3 is 5.97 Å². The molecule has 2 aromatic heterocycles. The highest BCUT2D eigenvalue weighted by atomic mass is 19.1. The molecule has 178 valence electrons. The maximum absolute atomic E-state index is 13.8. The number of hydrogen-bond acceptors (Lipinski definition) is 3. The third-order valence-corrected chi connectivity index (χ3v) is 7.78. The molecule has 0 unspecified atom stereocenters. The first-order chi connectivity index (χ1) is 16.3. The maximum atomic E-state index is 13.8. The number of carboxylic acids is 1. The first-order valence-corrected chi connectivity index (χ1v) is 12.0. The number of aromatic nitrogens is 2. The standard InChI is InChI=1S/C27H30FN3O3/c1-27(26(33)34)10-7-18(8-11-27)15-24(32)30-13-9-21-22-6-3-12-29-25(22)31(23(21)17-30)16-19-4-2-5-20(28)14-19/h2-6,12,14,18H,7-11,13,15-17H2,1H3,(H,33,34)/t18-,27+. The molecule has 1 N–H and O–H groups in total. The molecule has 0 saturated heterocycles. The number of carbonyl (C=O) groups excluding carboxylic acids is 1. The zero-order valence-corrected chi connectivity index (χ0v) is 19.5. The number of hydrogen-bond donors (Lipinski definition) is 1. The van der Waals surface area contributed by atoms with Crippen LogP contribution in [0.1, 0.15) is 55.8 Å². The molecule has 0 atom stereocenters. The Hall–Kier alpha value is -3.22. The van der Waals surface area contributed by atoms with Crippen LogP contribution in [-0.2, 0) is 29.1 Å². The summed E-state index contributed by atoms with van der Waals surface area (Å²) in [5.41, 5.74) is 3.35. The average Bonchev–Trinajstić information content (AvgIpc) is 3.13. The Morgan fingerprint density at radius 2 is 2.00 bits per heavy atom. The van der Waals surface area contributed by atoms with E-state index in [-0.39, 0.29) is 17.6 Å². The number of carbonyl (C=O) groups is 2. The Morgan fingerprint density at radius 1 is 1.21 bits per heavy atom. The largest absolute Gasteiger partial charge is 0.481 e. The third-order valence-electron chi connectivity index (χ3n) is 7.78. The zero-order chi connectivity index (χ0) is 23.9. The Morgan fingerprint density at radius 3 is 2.74 bits per heavy atom. The second kappa shape index (κ2) is 8.85. The number of halogens is 1. The highest BCUT2D eigenvalue weighted by Gasteiger charge is 2.38. The molecule has 1 aliphatic heterocycles. The number of fused-ring (bicyclic) bond motifs is 3. The van der Waals surface area contributed by atoms with Gasteiger partial charge in [-0.1, -0.05) is 12.1 Å². The molecule has 0 radical (unpaired) electrons. The van der Waals surface area contributed by atoms with Crippen LogP contribution in [0, 0.1) is 17.2 Å². The topological polar surface area (TPSA) is 75.4 Å². The van der Waals surface area contributed by atoms with Gasteiger partial charge < -0.3 is 14.6 Å². The van der Waals surface area contributed by atoms with Crippen LogP contribution in [-0.4, -0.2) is 38.0 Å². The van der Waals surface area contributed by atoms with Crippen molar-refractivity contribution in [1.29, 1.82) is 0 Å². The van der Waals surface area contributed by atoms with E-state index >= 15 is 0 Å². The van der Waals surface area contributed by atoms with Crippen molar-refractivity contribution in [3.63, 3.8) is 0 Å². The molecular formula is C27H30FN3O3. The van der Waals surface area contributed by atoms with Crippen LogP contribution < -0.4 is 0 Å². The molecule has 1 aliphatic carbocycles. The van der Waals surface area contributed by atoms with Crippen molar-refractivity contribution in [3.05, 3.63) is 65.2 Å². The molecule has 1 fully saturated rings. The zero-order valence-electron chi connectivity index (χ0n) is 19.5. The van der Waals surface area contributed by atoms with Gasteiger partial charge in [-0.3, -0.25) is 9.59 Å². The molecule has 1 aromatic carbocycles. The Labute approximate surface area is 198 Å². The summed E-state index contributed by atoms with van der Waals surface area (Å²) in [6, 6.07) is 10.6. The fourth-order valence-corrected chi connectivity index (χ4v) is 5.57. The van der Waals surface area contributed by atoms with Gasteiger partial charge in [0.05, 0.1) is 12.0 Å². The number of amides is 1. The monoisotopic (exact) mass is 463 g/mol. The van der Waals surface area contributed by atoms with Crippen molar-refractivity contribution in [2.24, 2.45) is 11.3 Å². The third kappa shape index (κ3) is 4.19. The molecule has 2 aliphatic rings. The van der Waals surface area contributed by atoms with Gasteiger partial charge in [-0.2, -0.15) is 0 Å². The van der Waals surface area contributed by atoms with Gasteiger partial charge in [-0.15, -0.1) is 0 Å². The van der Waals surface area contributed by atoms with E-state index in [1.807, 2.05) is 24.0 Å². The van der Waals surface area contributed by atoms with E-state index in [4.69, 9.17) is 0 Å². The first kappa shape index (κ1) is 22.6. The van der Waals surface area contributed by atoms with Crippen molar-refractivity contribution in [3.8, 4) is 0 Å². The van der Waals surface area contributed by atoms with E-state index in [0.29, 0.717) is 38.9 Å². The SMILES string of the molecule is C[C@]1(C(=O)O)CC[C@@H](CC(=O)N2CCc3c(n(Cc4cccc(F)c4)c4ncccc34)C2)CC1. The fraction of sp³-hybridized carbons (Fsp3) is 0.444. The number of benzene rings is 1. The first-order valence-electron chi connectivity index (χ1n) is 12.0. The van der Waals surface area contributed by atoms with Crippen molar-refractivity contribution >= 4 is 22.9 Å². The van der Waals surface area contributed by atoms with E-state index < -0.39 is 11.4 Å². The second-order valence-electron chi connectivity index (χ2n) is 10.1. The Balaban J connectivity index is 1.35. The molecule has 0 bridgehead atoms. The van der Waals surface area contributed by atoms with Crippen LogP contribution in [0.15, 0.2) is 42.6 Å². The molecule has 34 heavy (non-hydrogen) atoms. The van der Waals surface area contributed by atoms with E-state index in [9.17, 15) is 19.1 Å². The van der Waals surface area contributed by atoms with Gasteiger partial charge in [0.1, 0.15) is 11.5 Å². The minimum absolute atomic E-state index is 0.130. The lowest BCUT2D eigenvalue weighted by Crippen LogP contribution is -2.39. The van der Waals surface area contributed by atoms with E-state index in [1.54, 1.807) is 18.3 Å². The lowest BCUT2D eigenvalue weighted by atomic mass is 9.71. The number of carboxylic acid groups (broad SMARTS) is 1. The van der Waals surface area contributed by atoms with Crippen molar-refractivity contribution < 1.29 is 19.1 Å². The van der Waals surface area contributed by atoms with Crippen molar-refractivity contribution in [1.82, 2.24) is 14.5 Å². The van der Waals surface area contributed by atoms with Crippen LogP contribution >= 0.6 is 0 Å². The van der Waals surface area contributed by atoms with Gasteiger partial charge in [-0.25, -0.2) is 9.37 Å². The predicted octanol–water partition coefficient (Wildman–Crippen LogP) is 4.78. The molecule has 0 spiro atoms.